The predicted molar refractivity (Wildman–Crippen MR) is 109 cm³/mol. The minimum absolute atomic E-state index is 0.145. The molecule has 0 N–H and O–H groups in total. The second-order valence-corrected chi connectivity index (χ2v) is 6.83. The number of rotatable bonds is 5. The first-order valence-corrected chi connectivity index (χ1v) is 9.21. The molecule has 0 atom stereocenters. The van der Waals surface area contributed by atoms with Gasteiger partial charge in [-0.1, -0.05) is 6.07 Å². The van der Waals surface area contributed by atoms with Crippen molar-refractivity contribution in [2.24, 2.45) is 0 Å². The Balaban J connectivity index is 1.41. The average Bonchev–Trinajstić information content (AvgIpc) is 2.71. The third-order valence-corrected chi connectivity index (χ3v) is 4.60. The lowest BCUT2D eigenvalue weighted by atomic mass is 10.1. The van der Waals surface area contributed by atoms with Crippen molar-refractivity contribution in [1.82, 2.24) is 9.38 Å². The van der Waals surface area contributed by atoms with Crippen LogP contribution in [0.15, 0.2) is 62.7 Å². The molecule has 0 aliphatic carbocycles. The summed E-state index contributed by atoms with van der Waals surface area (Å²) in [5.74, 6) is -0.251. The SMILES string of the molecule is Cc1cc(=O)oc2cc(OCC(=O)OCc3cc(=O)n4cccc(C)c4n3)ccc12. The molecule has 4 aromatic rings. The van der Waals surface area contributed by atoms with Gasteiger partial charge in [0.1, 0.15) is 23.6 Å². The van der Waals surface area contributed by atoms with Crippen LogP contribution in [0.5, 0.6) is 5.75 Å². The van der Waals surface area contributed by atoms with Gasteiger partial charge < -0.3 is 13.9 Å². The van der Waals surface area contributed by atoms with Crippen molar-refractivity contribution < 1.29 is 18.7 Å². The molecule has 0 fully saturated rings. The van der Waals surface area contributed by atoms with Crippen LogP contribution in [0.1, 0.15) is 16.8 Å². The molecule has 0 saturated heterocycles. The Hall–Kier alpha value is -3.94. The van der Waals surface area contributed by atoms with Crippen LogP contribution in [0.2, 0.25) is 0 Å². The summed E-state index contributed by atoms with van der Waals surface area (Å²) in [5, 5.41) is 0.786. The number of carbonyl (C=O) groups excluding carboxylic acids is 1. The Kier molecular flexibility index (Phi) is 5.05. The topological polar surface area (TPSA) is 100 Å². The van der Waals surface area contributed by atoms with Crippen molar-refractivity contribution in [1.29, 1.82) is 0 Å². The van der Waals surface area contributed by atoms with Gasteiger partial charge in [-0.3, -0.25) is 9.20 Å². The summed E-state index contributed by atoms with van der Waals surface area (Å²) in [5.41, 5.74) is 2.17. The van der Waals surface area contributed by atoms with Crippen LogP contribution in [0, 0.1) is 13.8 Å². The van der Waals surface area contributed by atoms with Gasteiger partial charge in [0.15, 0.2) is 6.61 Å². The number of hydrogen-bond donors (Lipinski definition) is 0. The van der Waals surface area contributed by atoms with Crippen LogP contribution >= 0.6 is 0 Å². The molecule has 0 aliphatic heterocycles. The number of aryl methyl sites for hydroxylation is 2. The van der Waals surface area contributed by atoms with E-state index in [4.69, 9.17) is 13.9 Å². The summed E-state index contributed by atoms with van der Waals surface area (Å²) >= 11 is 0. The first kappa shape index (κ1) is 19.4. The molecule has 30 heavy (non-hydrogen) atoms. The molecular formula is C22H18N2O6. The summed E-state index contributed by atoms with van der Waals surface area (Å²) < 4.78 is 17.2. The molecule has 0 radical (unpaired) electrons. The molecule has 1 aromatic carbocycles. The van der Waals surface area contributed by atoms with Gasteiger partial charge in [-0.15, -0.1) is 0 Å². The quantitative estimate of drug-likeness (QED) is 0.371. The van der Waals surface area contributed by atoms with Gasteiger partial charge >= 0.3 is 11.6 Å². The number of fused-ring (bicyclic) bond motifs is 2. The van der Waals surface area contributed by atoms with Crippen LogP contribution in [-0.2, 0) is 16.1 Å². The maximum atomic E-state index is 12.2. The fourth-order valence-corrected chi connectivity index (χ4v) is 3.12. The molecule has 0 bridgehead atoms. The van der Waals surface area contributed by atoms with Crippen molar-refractivity contribution >= 4 is 22.6 Å². The molecule has 4 rings (SSSR count). The van der Waals surface area contributed by atoms with Crippen LogP contribution in [0.3, 0.4) is 0 Å². The van der Waals surface area contributed by atoms with Gasteiger partial charge in [0.2, 0.25) is 0 Å². The van der Waals surface area contributed by atoms with E-state index in [1.54, 1.807) is 30.5 Å². The molecule has 152 valence electrons. The van der Waals surface area contributed by atoms with Gasteiger partial charge in [-0.25, -0.2) is 14.6 Å². The highest BCUT2D eigenvalue weighted by Crippen LogP contribution is 2.22. The third-order valence-electron chi connectivity index (χ3n) is 4.60. The summed E-state index contributed by atoms with van der Waals surface area (Å²) in [7, 11) is 0. The largest absolute Gasteiger partial charge is 0.482 e. The van der Waals surface area contributed by atoms with Gasteiger partial charge in [-0.05, 0) is 43.2 Å². The van der Waals surface area contributed by atoms with Gasteiger partial charge in [-0.2, -0.15) is 0 Å². The molecule has 3 heterocycles. The highest BCUT2D eigenvalue weighted by molar-refractivity contribution is 5.81. The van der Waals surface area contributed by atoms with E-state index in [-0.39, 0.29) is 18.8 Å². The number of nitrogens with zero attached hydrogens (tertiary/aromatic N) is 2. The maximum Gasteiger partial charge on any atom is 0.344 e. The number of pyridine rings is 1. The molecule has 0 amide bonds. The lowest BCUT2D eigenvalue weighted by molar-refractivity contribution is -0.147. The number of esters is 1. The molecule has 8 heteroatoms. The highest BCUT2D eigenvalue weighted by Gasteiger charge is 2.10. The van der Waals surface area contributed by atoms with E-state index in [1.807, 2.05) is 19.9 Å². The van der Waals surface area contributed by atoms with E-state index in [0.29, 0.717) is 22.7 Å². The van der Waals surface area contributed by atoms with E-state index < -0.39 is 11.6 Å². The zero-order valence-electron chi connectivity index (χ0n) is 16.4. The molecule has 0 saturated carbocycles. The second-order valence-electron chi connectivity index (χ2n) is 6.83. The fourth-order valence-electron chi connectivity index (χ4n) is 3.12. The van der Waals surface area contributed by atoms with Gasteiger partial charge in [0, 0.05) is 29.8 Å². The van der Waals surface area contributed by atoms with E-state index in [1.165, 1.54) is 16.5 Å². The average molecular weight is 406 g/mol. The normalized spacial score (nSPS) is 11.0. The lowest BCUT2D eigenvalue weighted by Crippen LogP contribution is -2.19. The second kappa shape index (κ2) is 7.82. The van der Waals surface area contributed by atoms with Crippen molar-refractivity contribution in [3.05, 3.63) is 86.3 Å². The molecule has 3 aromatic heterocycles. The standard InChI is InChI=1S/C22H18N2O6/c1-13-4-3-7-24-19(25)9-15(23-22(13)24)11-29-21(27)12-28-16-5-6-17-14(2)8-20(26)30-18(17)10-16/h3-10H,11-12H2,1-2H3. The minimum atomic E-state index is -0.618. The van der Waals surface area contributed by atoms with Crippen molar-refractivity contribution in [2.75, 3.05) is 6.61 Å². The summed E-state index contributed by atoms with van der Waals surface area (Å²) in [6.45, 7) is 3.17. The first-order chi connectivity index (χ1) is 14.4. The van der Waals surface area contributed by atoms with Crippen LogP contribution in [0.25, 0.3) is 16.6 Å². The summed E-state index contributed by atoms with van der Waals surface area (Å²) in [4.78, 5) is 40.1. The van der Waals surface area contributed by atoms with Crippen LogP contribution in [0.4, 0.5) is 0 Å². The Bertz CT molecular complexity index is 1390. The number of benzene rings is 1. The Morgan fingerprint density at radius 2 is 1.93 bits per heavy atom. The van der Waals surface area contributed by atoms with E-state index in [0.717, 1.165) is 16.5 Å². The van der Waals surface area contributed by atoms with E-state index in [9.17, 15) is 14.4 Å². The number of carbonyl (C=O) groups is 1. The zero-order chi connectivity index (χ0) is 21.3. The monoisotopic (exact) mass is 406 g/mol. The van der Waals surface area contributed by atoms with Crippen molar-refractivity contribution in [3.63, 3.8) is 0 Å². The highest BCUT2D eigenvalue weighted by atomic mass is 16.6. The first-order valence-electron chi connectivity index (χ1n) is 9.21. The summed E-state index contributed by atoms with van der Waals surface area (Å²) in [6, 6.07) is 11.3. The third kappa shape index (κ3) is 3.93. The smallest absolute Gasteiger partial charge is 0.344 e. The summed E-state index contributed by atoms with van der Waals surface area (Å²) in [6.07, 6.45) is 1.63. The Labute approximate surface area is 170 Å². The van der Waals surface area contributed by atoms with Gasteiger partial charge in [0.25, 0.3) is 5.56 Å². The van der Waals surface area contributed by atoms with E-state index in [2.05, 4.69) is 4.98 Å². The Morgan fingerprint density at radius 3 is 2.77 bits per heavy atom. The molecule has 0 aliphatic rings. The molecule has 8 nitrogen and oxygen atoms in total. The van der Waals surface area contributed by atoms with E-state index >= 15 is 0 Å². The number of aromatic nitrogens is 2. The predicted octanol–water partition coefficient (Wildman–Crippen LogP) is 2.54. The fraction of sp³-hybridized carbons (Fsp3) is 0.182. The number of ether oxygens (including phenoxy) is 2. The molecule has 0 unspecified atom stereocenters. The molecular weight excluding hydrogens is 388 g/mol. The van der Waals surface area contributed by atoms with Crippen LogP contribution in [-0.4, -0.2) is 22.0 Å². The Morgan fingerprint density at radius 1 is 1.10 bits per heavy atom. The number of hydrogen-bond acceptors (Lipinski definition) is 7. The molecule has 0 spiro atoms. The van der Waals surface area contributed by atoms with Gasteiger partial charge in [0.05, 0.1) is 5.69 Å². The van der Waals surface area contributed by atoms with Crippen molar-refractivity contribution in [3.8, 4) is 5.75 Å². The minimum Gasteiger partial charge on any atom is -0.482 e. The van der Waals surface area contributed by atoms with Crippen LogP contribution < -0.4 is 15.9 Å². The maximum absolute atomic E-state index is 12.2. The zero-order valence-corrected chi connectivity index (χ0v) is 16.4. The van der Waals surface area contributed by atoms with Crippen molar-refractivity contribution in [2.45, 2.75) is 20.5 Å². The lowest BCUT2D eigenvalue weighted by Gasteiger charge is -2.09.